The molecule has 0 aromatic heterocycles. The third kappa shape index (κ3) is 5.04. The lowest BCUT2D eigenvalue weighted by Crippen LogP contribution is -2.47. The van der Waals surface area contributed by atoms with Crippen LogP contribution in [0.4, 0.5) is 10.5 Å². The van der Waals surface area contributed by atoms with Crippen molar-refractivity contribution in [1.29, 1.82) is 0 Å². The van der Waals surface area contributed by atoms with Crippen molar-refractivity contribution < 1.29 is 18.5 Å². The van der Waals surface area contributed by atoms with Crippen LogP contribution in [-0.2, 0) is 0 Å². The molecular weight excluding hydrogens is 348 g/mol. The fourth-order valence-electron chi connectivity index (χ4n) is 3.19. The van der Waals surface area contributed by atoms with Crippen molar-refractivity contribution in [3.63, 3.8) is 0 Å². The summed E-state index contributed by atoms with van der Waals surface area (Å²) >= 11 is 6.32. The molecule has 1 heterocycles. The second kappa shape index (κ2) is 8.96. The van der Waals surface area contributed by atoms with Crippen molar-refractivity contribution in [2.24, 2.45) is 11.7 Å². The van der Waals surface area contributed by atoms with Crippen LogP contribution in [0.25, 0.3) is 0 Å². The molecule has 6 heteroatoms. The summed E-state index contributed by atoms with van der Waals surface area (Å²) < 4.78 is 86.4. The van der Waals surface area contributed by atoms with Gasteiger partial charge in [0.1, 0.15) is 0 Å². The van der Waals surface area contributed by atoms with Gasteiger partial charge >= 0.3 is 6.03 Å². The second-order valence-corrected chi connectivity index (χ2v) is 6.99. The van der Waals surface area contributed by atoms with Crippen LogP contribution in [0, 0.1) is 12.8 Å². The van der Waals surface area contributed by atoms with Crippen molar-refractivity contribution in [2.75, 3.05) is 37.4 Å². The number of nitrogens with two attached hydrogens (primary N) is 1. The molecule has 1 aliphatic carbocycles. The minimum atomic E-state index is -3.32. The van der Waals surface area contributed by atoms with E-state index in [0.717, 1.165) is 0 Å². The highest BCUT2D eigenvalue weighted by molar-refractivity contribution is 6.34. The Morgan fingerprint density at radius 3 is 2.65 bits per heavy atom. The van der Waals surface area contributed by atoms with Crippen molar-refractivity contribution in [1.82, 2.24) is 10.2 Å². The summed E-state index contributed by atoms with van der Waals surface area (Å²) in [5.41, 5.74) is 5.38. The van der Waals surface area contributed by atoms with Crippen molar-refractivity contribution in [3.05, 3.63) is 28.8 Å². The van der Waals surface area contributed by atoms with Gasteiger partial charge < -0.3 is 16.0 Å². The molecule has 0 radical (unpaired) electrons. The Morgan fingerprint density at radius 2 is 2.00 bits per heavy atom. The van der Waals surface area contributed by atoms with Gasteiger partial charge in [-0.15, -0.1) is 0 Å². The molecule has 1 saturated heterocycles. The van der Waals surface area contributed by atoms with Gasteiger partial charge in [-0.25, -0.2) is 4.79 Å². The zero-order chi connectivity index (χ0) is 27.5. The fourth-order valence-corrected chi connectivity index (χ4v) is 3.40. The predicted molar refractivity (Wildman–Crippen MR) is 108 cm³/mol. The molecule has 5 nitrogen and oxygen atoms in total. The summed E-state index contributed by atoms with van der Waals surface area (Å²) in [6.45, 7) is -14.2. The molecule has 3 N–H and O–H groups in total. The number of nitrogens with one attached hydrogen (secondary N) is 1. The van der Waals surface area contributed by atoms with E-state index in [1.165, 1.54) is 12.1 Å². The molecule has 0 atom stereocenters. The minimum absolute atomic E-state index is 0.0605. The number of rotatable bonds is 5. The normalized spacial score (nSPS) is 38.5. The Hall–Kier alpha value is -1.46. The lowest BCUT2D eigenvalue weighted by molar-refractivity contribution is 0.207. The SMILES string of the molecule is [2H]C([2H])(CC1CCC(NC(N)=O)CC1)N1C([2H])([2H])C([2H])([2H])N(c2cccc(C)c2Cl)C([2H])([2H])C1([2H])[2H]. The zero-order valence-corrected chi connectivity index (χ0v) is 15.4. The van der Waals surface area contributed by atoms with Crippen LogP contribution in [0.2, 0.25) is 5.02 Å². The minimum Gasteiger partial charge on any atom is -0.368 e. The quantitative estimate of drug-likeness (QED) is 0.812. The number of piperazine rings is 1. The van der Waals surface area contributed by atoms with Gasteiger partial charge in [-0.2, -0.15) is 0 Å². The summed E-state index contributed by atoms with van der Waals surface area (Å²) in [5, 5.41) is 2.54. The van der Waals surface area contributed by atoms with Crippen LogP contribution in [0.3, 0.4) is 0 Å². The van der Waals surface area contributed by atoms with E-state index in [4.69, 9.17) is 31.0 Å². The Bertz CT molecular complexity index is 973. The van der Waals surface area contributed by atoms with E-state index < -0.39 is 38.5 Å². The van der Waals surface area contributed by atoms with Gasteiger partial charge in [0.25, 0.3) is 0 Å². The van der Waals surface area contributed by atoms with E-state index in [1.807, 2.05) is 0 Å². The highest BCUT2D eigenvalue weighted by Crippen LogP contribution is 2.30. The molecule has 2 amide bonds. The standard InChI is InChI=1S/C20H31ClN4O/c1-15-3-2-4-18(19(15)21)25-13-11-24(12-14-25)10-9-16-5-7-17(8-6-16)23-20(22)26/h2-4,16-17H,5-14H2,1H3,(H3,22,23,26)/i10D2,11D2,12D2,13D2,14D2. The molecule has 0 unspecified atom stereocenters. The van der Waals surface area contributed by atoms with Crippen molar-refractivity contribution >= 4 is 23.3 Å². The number of aryl methyl sites for hydroxylation is 1. The van der Waals surface area contributed by atoms with Gasteiger partial charge in [-0.3, -0.25) is 4.90 Å². The predicted octanol–water partition coefficient (Wildman–Crippen LogP) is 3.39. The van der Waals surface area contributed by atoms with E-state index in [2.05, 4.69) is 5.32 Å². The lowest BCUT2D eigenvalue weighted by Gasteiger charge is -2.37. The molecular formula is C20H31ClN4O. The fraction of sp³-hybridized carbons (Fsp3) is 0.650. The van der Waals surface area contributed by atoms with Crippen LogP contribution in [-0.4, -0.2) is 49.5 Å². The van der Waals surface area contributed by atoms with Gasteiger partial charge in [0, 0.05) is 40.3 Å². The number of amides is 2. The van der Waals surface area contributed by atoms with Gasteiger partial charge in [0.15, 0.2) is 0 Å². The van der Waals surface area contributed by atoms with Gasteiger partial charge in [0.2, 0.25) is 0 Å². The van der Waals surface area contributed by atoms with Crippen LogP contribution in [0.1, 0.15) is 51.4 Å². The lowest BCUT2D eigenvalue weighted by atomic mass is 9.84. The molecule has 2 fully saturated rings. The smallest absolute Gasteiger partial charge is 0.312 e. The highest BCUT2D eigenvalue weighted by Gasteiger charge is 2.24. The highest BCUT2D eigenvalue weighted by atomic mass is 35.5. The summed E-state index contributed by atoms with van der Waals surface area (Å²) in [4.78, 5) is 11.5. The second-order valence-electron chi connectivity index (χ2n) is 6.61. The third-order valence-electron chi connectivity index (χ3n) is 4.69. The number of hydrogen-bond acceptors (Lipinski definition) is 3. The summed E-state index contributed by atoms with van der Waals surface area (Å²) in [5.74, 6) is -0.321. The number of hydrogen-bond donors (Lipinski definition) is 2. The number of primary amides is 1. The maximum Gasteiger partial charge on any atom is 0.312 e. The maximum atomic E-state index is 11.1. The molecule has 1 aromatic carbocycles. The Kier molecular flexibility index (Phi) is 3.51. The number of nitrogens with zero attached hydrogens (tertiary/aromatic N) is 2. The van der Waals surface area contributed by atoms with Crippen LogP contribution in [0.5, 0.6) is 0 Å². The van der Waals surface area contributed by atoms with E-state index in [1.54, 1.807) is 13.0 Å². The number of halogens is 1. The maximum absolute atomic E-state index is 11.1. The molecule has 3 rings (SSSR count). The first-order chi connectivity index (χ1) is 16.3. The first-order valence-electron chi connectivity index (χ1n) is 13.7. The Labute approximate surface area is 175 Å². The van der Waals surface area contributed by atoms with Gasteiger partial charge in [-0.1, -0.05) is 23.7 Å². The summed E-state index contributed by atoms with van der Waals surface area (Å²) in [7, 11) is 0. The van der Waals surface area contributed by atoms with Gasteiger partial charge in [-0.05, 0) is 63.1 Å². The molecule has 1 saturated carbocycles. The Balaban J connectivity index is 2.00. The molecule has 1 aliphatic heterocycles. The first kappa shape index (κ1) is 10.2. The largest absolute Gasteiger partial charge is 0.368 e. The topological polar surface area (TPSA) is 61.6 Å². The van der Waals surface area contributed by atoms with E-state index in [-0.39, 0.29) is 34.0 Å². The molecule has 144 valence electrons. The molecule has 0 bridgehead atoms. The summed E-state index contributed by atoms with van der Waals surface area (Å²) in [6.07, 6.45) is 1.56. The average molecular weight is 389 g/mol. The van der Waals surface area contributed by atoms with Gasteiger partial charge in [0.05, 0.1) is 16.2 Å². The third-order valence-corrected chi connectivity index (χ3v) is 5.18. The summed E-state index contributed by atoms with van der Waals surface area (Å²) in [6, 6.07) is 3.52. The number of benzene rings is 1. The molecule has 2 aliphatic rings. The Morgan fingerprint density at radius 1 is 1.31 bits per heavy atom. The van der Waals surface area contributed by atoms with E-state index >= 15 is 0 Å². The number of carbonyl (C=O) groups is 1. The number of urea groups is 1. The van der Waals surface area contributed by atoms with Crippen LogP contribution < -0.4 is 16.0 Å². The monoisotopic (exact) mass is 388 g/mol. The first-order valence-corrected chi connectivity index (χ1v) is 9.08. The molecule has 0 spiro atoms. The average Bonchev–Trinajstić information content (AvgIpc) is 2.70. The molecule has 1 aromatic rings. The van der Waals surface area contributed by atoms with E-state index in [0.29, 0.717) is 36.1 Å². The van der Waals surface area contributed by atoms with Crippen LogP contribution >= 0.6 is 11.6 Å². The molecule has 26 heavy (non-hydrogen) atoms. The van der Waals surface area contributed by atoms with Crippen molar-refractivity contribution in [2.45, 2.75) is 45.1 Å². The van der Waals surface area contributed by atoms with E-state index in [9.17, 15) is 4.79 Å². The number of carbonyl (C=O) groups excluding carboxylic acids is 1. The van der Waals surface area contributed by atoms with Crippen molar-refractivity contribution in [3.8, 4) is 0 Å². The zero-order valence-electron chi connectivity index (χ0n) is 24.7. The number of anilines is 1. The van der Waals surface area contributed by atoms with Crippen LogP contribution in [0.15, 0.2) is 18.2 Å².